The third-order valence-electron chi connectivity index (χ3n) is 1.66. The average Bonchev–Trinajstić information content (AvgIpc) is 2.03. The molecule has 0 aliphatic heterocycles. The van der Waals surface area contributed by atoms with E-state index in [1.54, 1.807) is 0 Å². The van der Waals surface area contributed by atoms with Crippen molar-refractivity contribution in [1.82, 2.24) is 5.32 Å². The smallest absolute Gasteiger partial charge is 0.00139 e. The van der Waals surface area contributed by atoms with Gasteiger partial charge in [0.25, 0.3) is 0 Å². The molecule has 0 radical (unpaired) electrons. The summed E-state index contributed by atoms with van der Waals surface area (Å²) in [6.07, 6.45) is 5.20. The van der Waals surface area contributed by atoms with Gasteiger partial charge in [0.2, 0.25) is 0 Å². The van der Waals surface area contributed by atoms with Crippen molar-refractivity contribution in [1.29, 1.82) is 0 Å². The minimum Gasteiger partial charge on any atom is -0.316 e. The van der Waals surface area contributed by atoms with Gasteiger partial charge in [-0.3, -0.25) is 0 Å². The van der Waals surface area contributed by atoms with Crippen LogP contribution in [-0.4, -0.2) is 13.1 Å². The van der Waals surface area contributed by atoms with E-state index in [0.29, 0.717) is 0 Å². The highest BCUT2D eigenvalue weighted by molar-refractivity contribution is 5.12. The summed E-state index contributed by atoms with van der Waals surface area (Å²) in [5, 5.41) is 3.39. The SMILES string of the molecule is C=CC(C)=CCCNCC(C)C. The zero-order chi connectivity index (χ0) is 9.40. The molecular weight excluding hydrogens is 146 g/mol. The maximum atomic E-state index is 3.70. The van der Waals surface area contributed by atoms with E-state index in [9.17, 15) is 0 Å². The van der Waals surface area contributed by atoms with Crippen LogP contribution >= 0.6 is 0 Å². The van der Waals surface area contributed by atoms with Gasteiger partial charge in [-0.2, -0.15) is 0 Å². The van der Waals surface area contributed by atoms with Crippen LogP contribution in [0.3, 0.4) is 0 Å². The van der Waals surface area contributed by atoms with Crippen LogP contribution in [0.2, 0.25) is 0 Å². The second-order valence-corrected chi connectivity index (χ2v) is 3.54. The molecular formula is C11H21N. The Labute approximate surface area is 76.6 Å². The molecule has 0 rings (SSSR count). The summed E-state index contributed by atoms with van der Waals surface area (Å²) in [7, 11) is 0. The second kappa shape index (κ2) is 7.11. The lowest BCUT2D eigenvalue weighted by Crippen LogP contribution is -2.20. The molecule has 0 fully saturated rings. The lowest BCUT2D eigenvalue weighted by Gasteiger charge is -2.05. The monoisotopic (exact) mass is 167 g/mol. The quantitative estimate of drug-likeness (QED) is 0.474. The first-order chi connectivity index (χ1) is 5.66. The normalized spacial score (nSPS) is 12.2. The van der Waals surface area contributed by atoms with E-state index >= 15 is 0 Å². The molecule has 0 heterocycles. The highest BCUT2D eigenvalue weighted by Crippen LogP contribution is 1.94. The van der Waals surface area contributed by atoms with Crippen LogP contribution in [-0.2, 0) is 0 Å². The van der Waals surface area contributed by atoms with Crippen LogP contribution in [0.15, 0.2) is 24.3 Å². The molecule has 0 aliphatic rings. The van der Waals surface area contributed by atoms with Gasteiger partial charge in [-0.05, 0) is 32.4 Å². The summed E-state index contributed by atoms with van der Waals surface area (Å²) >= 11 is 0. The van der Waals surface area contributed by atoms with Crippen LogP contribution in [0.25, 0.3) is 0 Å². The van der Waals surface area contributed by atoms with Gasteiger partial charge in [0.1, 0.15) is 0 Å². The highest BCUT2D eigenvalue weighted by Gasteiger charge is 1.90. The number of hydrogen-bond acceptors (Lipinski definition) is 1. The van der Waals surface area contributed by atoms with E-state index in [2.05, 4.69) is 38.7 Å². The van der Waals surface area contributed by atoms with Crippen molar-refractivity contribution >= 4 is 0 Å². The second-order valence-electron chi connectivity index (χ2n) is 3.54. The molecule has 0 atom stereocenters. The fraction of sp³-hybridized carbons (Fsp3) is 0.636. The molecule has 1 nitrogen and oxygen atoms in total. The van der Waals surface area contributed by atoms with Gasteiger partial charge in [0, 0.05) is 0 Å². The topological polar surface area (TPSA) is 12.0 Å². The Morgan fingerprint density at radius 2 is 2.17 bits per heavy atom. The molecule has 70 valence electrons. The Kier molecular flexibility index (Phi) is 6.78. The molecule has 0 aliphatic carbocycles. The summed E-state index contributed by atoms with van der Waals surface area (Å²) < 4.78 is 0. The first-order valence-corrected chi connectivity index (χ1v) is 4.66. The van der Waals surface area contributed by atoms with Crippen LogP contribution < -0.4 is 5.32 Å². The van der Waals surface area contributed by atoms with Gasteiger partial charge >= 0.3 is 0 Å². The van der Waals surface area contributed by atoms with E-state index in [4.69, 9.17) is 0 Å². The Balaban J connectivity index is 3.27. The van der Waals surface area contributed by atoms with Gasteiger partial charge in [-0.1, -0.05) is 38.2 Å². The Bertz CT molecular complexity index is 145. The van der Waals surface area contributed by atoms with E-state index < -0.39 is 0 Å². The highest BCUT2D eigenvalue weighted by atomic mass is 14.8. The molecule has 0 aromatic heterocycles. The molecule has 1 heteroatoms. The lowest BCUT2D eigenvalue weighted by molar-refractivity contribution is 0.556. The molecule has 0 spiro atoms. The van der Waals surface area contributed by atoms with Crippen molar-refractivity contribution in [3.8, 4) is 0 Å². The van der Waals surface area contributed by atoms with Crippen molar-refractivity contribution < 1.29 is 0 Å². The number of allylic oxidation sites excluding steroid dienone is 2. The maximum absolute atomic E-state index is 3.70. The van der Waals surface area contributed by atoms with Crippen LogP contribution in [0, 0.1) is 5.92 Å². The van der Waals surface area contributed by atoms with E-state index in [1.165, 1.54) is 5.57 Å². The molecule has 0 amide bonds. The van der Waals surface area contributed by atoms with Crippen molar-refractivity contribution in [3.63, 3.8) is 0 Å². The summed E-state index contributed by atoms with van der Waals surface area (Å²) in [6, 6.07) is 0. The van der Waals surface area contributed by atoms with Crippen molar-refractivity contribution in [2.45, 2.75) is 27.2 Å². The van der Waals surface area contributed by atoms with E-state index in [1.807, 2.05) is 6.08 Å². The zero-order valence-corrected chi connectivity index (χ0v) is 8.56. The largest absolute Gasteiger partial charge is 0.316 e. The molecule has 0 bridgehead atoms. The summed E-state index contributed by atoms with van der Waals surface area (Å²) in [5.74, 6) is 0.745. The molecule has 0 unspecified atom stereocenters. The van der Waals surface area contributed by atoms with Gasteiger partial charge in [-0.15, -0.1) is 0 Å². The first kappa shape index (κ1) is 11.4. The fourth-order valence-corrected chi connectivity index (χ4v) is 0.876. The molecule has 0 aromatic rings. The van der Waals surface area contributed by atoms with Gasteiger partial charge in [0.05, 0.1) is 0 Å². The minimum absolute atomic E-state index is 0.745. The zero-order valence-electron chi connectivity index (χ0n) is 8.56. The molecule has 0 saturated carbocycles. The van der Waals surface area contributed by atoms with Gasteiger partial charge in [0.15, 0.2) is 0 Å². The third-order valence-corrected chi connectivity index (χ3v) is 1.66. The van der Waals surface area contributed by atoms with Crippen molar-refractivity contribution in [2.75, 3.05) is 13.1 Å². The van der Waals surface area contributed by atoms with Crippen LogP contribution in [0.1, 0.15) is 27.2 Å². The van der Waals surface area contributed by atoms with Gasteiger partial charge < -0.3 is 5.32 Å². The van der Waals surface area contributed by atoms with Crippen molar-refractivity contribution in [2.24, 2.45) is 5.92 Å². The third kappa shape index (κ3) is 7.55. The molecule has 0 aromatic carbocycles. The van der Waals surface area contributed by atoms with E-state index in [-0.39, 0.29) is 0 Å². The molecule has 0 saturated heterocycles. The fourth-order valence-electron chi connectivity index (χ4n) is 0.876. The number of rotatable bonds is 6. The van der Waals surface area contributed by atoms with Crippen molar-refractivity contribution in [3.05, 3.63) is 24.3 Å². The molecule has 12 heavy (non-hydrogen) atoms. The maximum Gasteiger partial charge on any atom is -0.00139 e. The molecule has 1 N–H and O–H groups in total. The summed E-state index contributed by atoms with van der Waals surface area (Å²) in [6.45, 7) is 12.4. The lowest BCUT2D eigenvalue weighted by atomic mass is 10.2. The number of hydrogen-bond donors (Lipinski definition) is 1. The Hall–Kier alpha value is -0.560. The van der Waals surface area contributed by atoms with Crippen LogP contribution in [0.4, 0.5) is 0 Å². The summed E-state index contributed by atoms with van der Waals surface area (Å²) in [4.78, 5) is 0. The van der Waals surface area contributed by atoms with E-state index in [0.717, 1.165) is 25.4 Å². The average molecular weight is 167 g/mol. The Morgan fingerprint density at radius 1 is 1.50 bits per heavy atom. The Morgan fingerprint density at radius 3 is 2.67 bits per heavy atom. The van der Waals surface area contributed by atoms with Gasteiger partial charge in [-0.25, -0.2) is 0 Å². The van der Waals surface area contributed by atoms with Crippen LogP contribution in [0.5, 0.6) is 0 Å². The minimum atomic E-state index is 0.745. The predicted octanol–water partition coefficient (Wildman–Crippen LogP) is 2.75. The summed E-state index contributed by atoms with van der Waals surface area (Å²) in [5.41, 5.74) is 1.27. The standard InChI is InChI=1S/C11H21N/c1-5-11(4)7-6-8-12-9-10(2)3/h5,7,10,12H,1,6,8-9H2,2-4H3. The number of nitrogens with one attached hydrogen (secondary N) is 1. The first-order valence-electron chi connectivity index (χ1n) is 4.66. The predicted molar refractivity (Wildman–Crippen MR) is 56.3 cm³/mol.